The number of aliphatic hydroxyl groups is 1. The fourth-order valence-electron chi connectivity index (χ4n) is 3.42. The molecule has 0 unspecified atom stereocenters. The van der Waals surface area contributed by atoms with E-state index in [0.29, 0.717) is 40.9 Å². The van der Waals surface area contributed by atoms with Crippen LogP contribution in [0.15, 0.2) is 34.9 Å². The lowest BCUT2D eigenvalue weighted by atomic mass is 10.1. The fourth-order valence-corrected chi connectivity index (χ4v) is 3.55. The SMILES string of the molecule is Cn1nc(OCc2c(-c3ccc(Cl)cc3)noc2CO)cc1C(=O)NC1CCOCC1. The van der Waals surface area contributed by atoms with Crippen molar-refractivity contribution in [3.8, 4) is 17.1 Å². The third-order valence-electron chi connectivity index (χ3n) is 5.14. The van der Waals surface area contributed by atoms with Gasteiger partial charge in [-0.15, -0.1) is 5.10 Å². The van der Waals surface area contributed by atoms with Crippen molar-refractivity contribution in [2.45, 2.75) is 32.1 Å². The second kappa shape index (κ2) is 9.51. The van der Waals surface area contributed by atoms with Crippen LogP contribution in [0.5, 0.6) is 5.88 Å². The van der Waals surface area contributed by atoms with Crippen molar-refractivity contribution >= 4 is 17.5 Å². The lowest BCUT2D eigenvalue weighted by Gasteiger charge is -2.22. The first-order chi connectivity index (χ1) is 15.0. The Labute approximate surface area is 183 Å². The Morgan fingerprint density at radius 2 is 2.06 bits per heavy atom. The number of carbonyl (C=O) groups is 1. The van der Waals surface area contributed by atoms with E-state index in [9.17, 15) is 9.90 Å². The molecule has 1 saturated heterocycles. The van der Waals surface area contributed by atoms with Crippen LogP contribution in [0, 0.1) is 0 Å². The van der Waals surface area contributed by atoms with Gasteiger partial charge in [-0.2, -0.15) is 0 Å². The largest absolute Gasteiger partial charge is 0.471 e. The molecule has 10 heteroatoms. The molecule has 9 nitrogen and oxygen atoms in total. The first-order valence-electron chi connectivity index (χ1n) is 9.95. The quantitative estimate of drug-likeness (QED) is 0.573. The summed E-state index contributed by atoms with van der Waals surface area (Å²) in [5.74, 6) is 0.379. The van der Waals surface area contributed by atoms with E-state index in [2.05, 4.69) is 15.6 Å². The molecule has 1 fully saturated rings. The van der Waals surface area contributed by atoms with E-state index in [-0.39, 0.29) is 31.0 Å². The number of aryl methyl sites for hydroxylation is 1. The Morgan fingerprint density at radius 3 is 2.77 bits per heavy atom. The van der Waals surface area contributed by atoms with Crippen LogP contribution in [0.3, 0.4) is 0 Å². The van der Waals surface area contributed by atoms with Crippen LogP contribution in [0.25, 0.3) is 11.3 Å². The van der Waals surface area contributed by atoms with Gasteiger partial charge in [0, 0.05) is 43.0 Å². The van der Waals surface area contributed by atoms with Crippen LogP contribution in [-0.2, 0) is 25.0 Å². The van der Waals surface area contributed by atoms with Gasteiger partial charge < -0.3 is 24.4 Å². The number of carbonyl (C=O) groups excluding carboxylic acids is 1. The molecule has 0 bridgehead atoms. The number of benzene rings is 1. The van der Waals surface area contributed by atoms with Crippen molar-refractivity contribution in [3.63, 3.8) is 0 Å². The summed E-state index contributed by atoms with van der Waals surface area (Å²) in [5.41, 5.74) is 2.33. The maximum absolute atomic E-state index is 12.6. The zero-order chi connectivity index (χ0) is 21.8. The molecule has 1 amide bonds. The third-order valence-corrected chi connectivity index (χ3v) is 5.39. The summed E-state index contributed by atoms with van der Waals surface area (Å²) in [4.78, 5) is 12.6. The average Bonchev–Trinajstić information content (AvgIpc) is 3.36. The van der Waals surface area contributed by atoms with E-state index in [0.717, 1.165) is 18.4 Å². The molecule has 3 heterocycles. The molecule has 0 spiro atoms. The lowest BCUT2D eigenvalue weighted by Crippen LogP contribution is -2.39. The van der Waals surface area contributed by atoms with Crippen molar-refractivity contribution in [2.24, 2.45) is 7.05 Å². The van der Waals surface area contributed by atoms with Gasteiger partial charge in [-0.25, -0.2) is 0 Å². The number of rotatable bonds is 7. The Hall–Kier alpha value is -2.88. The van der Waals surface area contributed by atoms with Gasteiger partial charge >= 0.3 is 0 Å². The van der Waals surface area contributed by atoms with E-state index < -0.39 is 0 Å². The van der Waals surface area contributed by atoms with E-state index in [1.54, 1.807) is 25.2 Å². The highest BCUT2D eigenvalue weighted by Crippen LogP contribution is 2.28. The van der Waals surface area contributed by atoms with E-state index in [1.807, 2.05) is 12.1 Å². The molecular formula is C21H23ClN4O5. The highest BCUT2D eigenvalue weighted by atomic mass is 35.5. The Balaban J connectivity index is 1.47. The molecule has 31 heavy (non-hydrogen) atoms. The molecule has 3 aromatic rings. The minimum atomic E-state index is -0.319. The Morgan fingerprint density at radius 1 is 1.32 bits per heavy atom. The molecule has 164 valence electrons. The number of hydrogen-bond acceptors (Lipinski definition) is 7. The summed E-state index contributed by atoms with van der Waals surface area (Å²) in [6, 6.07) is 8.79. The van der Waals surface area contributed by atoms with Crippen LogP contribution in [0.1, 0.15) is 34.7 Å². The number of aliphatic hydroxyl groups excluding tert-OH is 1. The monoisotopic (exact) mass is 446 g/mol. The smallest absolute Gasteiger partial charge is 0.269 e. The maximum Gasteiger partial charge on any atom is 0.269 e. The number of nitrogens with zero attached hydrogens (tertiary/aromatic N) is 3. The summed E-state index contributed by atoms with van der Waals surface area (Å²) in [5, 5.41) is 21.5. The summed E-state index contributed by atoms with van der Waals surface area (Å²) in [6.07, 6.45) is 1.58. The number of aromatic nitrogens is 3. The minimum Gasteiger partial charge on any atom is -0.471 e. The zero-order valence-corrected chi connectivity index (χ0v) is 17.8. The van der Waals surface area contributed by atoms with E-state index in [1.165, 1.54) is 4.68 Å². The second-order valence-corrected chi connectivity index (χ2v) is 7.67. The molecule has 2 aromatic heterocycles. The number of halogens is 1. The van der Waals surface area contributed by atoms with Gasteiger partial charge in [0.05, 0.1) is 5.56 Å². The van der Waals surface area contributed by atoms with Crippen molar-refractivity contribution in [1.82, 2.24) is 20.3 Å². The predicted molar refractivity (Wildman–Crippen MR) is 112 cm³/mol. The molecular weight excluding hydrogens is 424 g/mol. The molecule has 1 aliphatic rings. The van der Waals surface area contributed by atoms with Crippen LogP contribution in [0.2, 0.25) is 5.02 Å². The molecule has 0 saturated carbocycles. The van der Waals surface area contributed by atoms with Crippen molar-refractivity contribution in [1.29, 1.82) is 0 Å². The van der Waals surface area contributed by atoms with Gasteiger partial charge in [-0.1, -0.05) is 28.9 Å². The van der Waals surface area contributed by atoms with Gasteiger partial charge in [-0.3, -0.25) is 9.48 Å². The third kappa shape index (κ3) is 4.90. The van der Waals surface area contributed by atoms with Crippen molar-refractivity contribution < 1.29 is 23.9 Å². The highest BCUT2D eigenvalue weighted by molar-refractivity contribution is 6.30. The summed E-state index contributed by atoms with van der Waals surface area (Å²) < 4.78 is 17.9. The van der Waals surface area contributed by atoms with E-state index in [4.69, 9.17) is 25.6 Å². The van der Waals surface area contributed by atoms with Gasteiger partial charge in [-0.05, 0) is 25.0 Å². The van der Waals surface area contributed by atoms with Crippen LogP contribution in [-0.4, -0.2) is 45.2 Å². The number of hydrogen-bond donors (Lipinski definition) is 2. The highest BCUT2D eigenvalue weighted by Gasteiger charge is 2.22. The fraction of sp³-hybridized carbons (Fsp3) is 0.381. The van der Waals surface area contributed by atoms with Gasteiger partial charge in [0.1, 0.15) is 24.6 Å². The lowest BCUT2D eigenvalue weighted by molar-refractivity contribution is 0.0692. The van der Waals surface area contributed by atoms with Gasteiger partial charge in [0.2, 0.25) is 5.88 Å². The number of amides is 1. The summed E-state index contributed by atoms with van der Waals surface area (Å²) in [6.45, 7) is 1.04. The number of nitrogens with one attached hydrogen (secondary N) is 1. The molecule has 1 aliphatic heterocycles. The molecule has 4 rings (SSSR count). The van der Waals surface area contributed by atoms with E-state index >= 15 is 0 Å². The Bertz CT molecular complexity index is 1040. The topological polar surface area (TPSA) is 112 Å². The van der Waals surface area contributed by atoms with Crippen LogP contribution < -0.4 is 10.1 Å². The summed E-state index contributed by atoms with van der Waals surface area (Å²) >= 11 is 5.96. The normalized spacial score (nSPS) is 14.5. The predicted octanol–water partition coefficient (Wildman–Crippen LogP) is 2.71. The zero-order valence-electron chi connectivity index (χ0n) is 17.0. The first-order valence-corrected chi connectivity index (χ1v) is 10.3. The second-order valence-electron chi connectivity index (χ2n) is 7.24. The standard InChI is InChI=1S/C21H23ClN4O5/c1-26-17(21(28)23-15-6-8-29-9-7-15)10-19(24-26)30-12-16-18(11-27)31-25-20(16)13-2-4-14(22)5-3-13/h2-5,10,15,27H,6-9,11-12H2,1H3,(H,23,28). The van der Waals surface area contributed by atoms with Crippen molar-refractivity contribution in [2.75, 3.05) is 13.2 Å². The van der Waals surface area contributed by atoms with Gasteiger partial charge in [0.15, 0.2) is 5.76 Å². The first kappa shape index (κ1) is 21.4. The molecule has 0 radical (unpaired) electrons. The van der Waals surface area contributed by atoms with Crippen molar-refractivity contribution in [3.05, 3.63) is 52.4 Å². The molecule has 0 aliphatic carbocycles. The number of ether oxygens (including phenoxy) is 2. The molecule has 2 N–H and O–H groups in total. The van der Waals surface area contributed by atoms with Crippen LogP contribution >= 0.6 is 11.6 Å². The summed E-state index contributed by atoms with van der Waals surface area (Å²) in [7, 11) is 1.68. The minimum absolute atomic E-state index is 0.0649. The molecule has 1 aromatic carbocycles. The molecule has 0 atom stereocenters. The average molecular weight is 447 g/mol. The Kier molecular flexibility index (Phi) is 6.55. The van der Waals surface area contributed by atoms with Gasteiger partial charge in [0.25, 0.3) is 5.91 Å². The maximum atomic E-state index is 12.6. The van der Waals surface area contributed by atoms with Crippen LogP contribution in [0.4, 0.5) is 0 Å².